The number of aliphatic imine (C=N–C) groups is 1. The zero-order valence-corrected chi connectivity index (χ0v) is 18.7. The van der Waals surface area contributed by atoms with Crippen LogP contribution in [0.5, 0.6) is 0 Å². The zero-order valence-electron chi connectivity index (χ0n) is 18.7. The molecule has 0 saturated heterocycles. The van der Waals surface area contributed by atoms with E-state index in [4.69, 9.17) is 14.7 Å². The monoisotopic (exact) mass is 426 g/mol. The van der Waals surface area contributed by atoms with E-state index in [9.17, 15) is 9.90 Å². The van der Waals surface area contributed by atoms with Gasteiger partial charge in [-0.1, -0.05) is 30.4 Å². The van der Waals surface area contributed by atoms with Crippen LogP contribution in [0.3, 0.4) is 0 Å². The normalized spacial score (nSPS) is 28.1. The lowest BCUT2D eigenvalue weighted by atomic mass is 9.76. The van der Waals surface area contributed by atoms with E-state index < -0.39 is 23.2 Å². The molecule has 162 valence electrons. The fraction of sp³-hybridized carbons (Fsp3) is 0.370. The van der Waals surface area contributed by atoms with Crippen molar-refractivity contribution in [3.63, 3.8) is 0 Å². The quantitative estimate of drug-likeness (QED) is 0.729. The maximum absolute atomic E-state index is 12.5. The molecule has 4 aliphatic rings. The van der Waals surface area contributed by atoms with E-state index in [0.29, 0.717) is 23.1 Å². The molecule has 6 rings (SSSR count). The number of para-hydroxylation sites is 1. The molecular weight excluding hydrogens is 400 g/mol. The van der Waals surface area contributed by atoms with Gasteiger partial charge in [-0.15, -0.1) is 0 Å². The fourth-order valence-corrected chi connectivity index (χ4v) is 5.94. The van der Waals surface area contributed by atoms with Crippen LogP contribution in [-0.4, -0.2) is 33.4 Å². The Labute approximate surface area is 187 Å². The first-order chi connectivity index (χ1) is 15.2. The minimum absolute atomic E-state index is 0.482. The standard InChI is InChI=1S/C27H26N2O3/c1-14-22(24(25(30)31)32-26(2,3)4)23(15-7-5-6-8-21(15)29-14)20-10-9-18-16-13-17(16)19-11-12-28-27(18,19)20/h5-12,16-17,24H,13H2,1-4H3,(H,30,31)/t16?,17?,24-,27+/m0/s1. The zero-order chi connectivity index (χ0) is 22.4. The van der Waals surface area contributed by atoms with Gasteiger partial charge in [-0.25, -0.2) is 4.79 Å². The number of nitrogens with zero attached hydrogens (tertiary/aromatic N) is 2. The van der Waals surface area contributed by atoms with Crippen molar-refractivity contribution in [1.29, 1.82) is 0 Å². The highest BCUT2D eigenvalue weighted by Gasteiger charge is 2.65. The highest BCUT2D eigenvalue weighted by atomic mass is 16.5. The molecule has 0 amide bonds. The summed E-state index contributed by atoms with van der Waals surface area (Å²) < 4.78 is 6.13. The third-order valence-corrected chi connectivity index (χ3v) is 7.11. The number of allylic oxidation sites excluding steroid dienone is 3. The lowest BCUT2D eigenvalue weighted by Gasteiger charge is -2.33. The molecule has 32 heavy (non-hydrogen) atoms. The van der Waals surface area contributed by atoms with Gasteiger partial charge in [0, 0.05) is 22.9 Å². The molecule has 1 aliphatic heterocycles. The SMILES string of the molecule is Cc1nc2ccccc2c(C2=CC=C3C4CC4C4=CC=N[C@@]243)c1[C@H](OC(C)(C)C)C(=O)O. The summed E-state index contributed by atoms with van der Waals surface area (Å²) in [6, 6.07) is 7.96. The van der Waals surface area contributed by atoms with E-state index in [1.54, 1.807) is 0 Å². The number of carbonyl (C=O) groups is 1. The van der Waals surface area contributed by atoms with Crippen molar-refractivity contribution < 1.29 is 14.6 Å². The van der Waals surface area contributed by atoms with Crippen molar-refractivity contribution in [2.75, 3.05) is 0 Å². The van der Waals surface area contributed by atoms with Crippen LogP contribution in [0, 0.1) is 18.8 Å². The Kier molecular flexibility index (Phi) is 3.84. The highest BCUT2D eigenvalue weighted by molar-refractivity contribution is 6.04. The molecule has 5 heteroatoms. The maximum atomic E-state index is 12.5. The van der Waals surface area contributed by atoms with Gasteiger partial charge in [0.1, 0.15) is 5.54 Å². The van der Waals surface area contributed by atoms with Gasteiger partial charge in [-0.3, -0.25) is 9.98 Å². The van der Waals surface area contributed by atoms with E-state index in [1.807, 2.05) is 58.2 Å². The molecule has 1 aromatic heterocycles. The van der Waals surface area contributed by atoms with Crippen molar-refractivity contribution in [2.45, 2.75) is 51.4 Å². The number of fused-ring (bicyclic) bond motifs is 4. The first kappa shape index (κ1) is 19.6. The molecule has 4 atom stereocenters. The Hall–Kier alpha value is -3.05. The van der Waals surface area contributed by atoms with E-state index in [0.717, 1.165) is 22.0 Å². The van der Waals surface area contributed by atoms with Gasteiger partial charge in [-0.05, 0) is 80.4 Å². The molecule has 2 heterocycles. The molecule has 1 aromatic carbocycles. The van der Waals surface area contributed by atoms with Crippen LogP contribution in [0.2, 0.25) is 0 Å². The average molecular weight is 427 g/mol. The molecule has 1 N–H and O–H groups in total. The maximum Gasteiger partial charge on any atom is 0.337 e. The summed E-state index contributed by atoms with van der Waals surface area (Å²) in [7, 11) is 0. The van der Waals surface area contributed by atoms with Crippen molar-refractivity contribution in [3.05, 3.63) is 70.5 Å². The van der Waals surface area contributed by atoms with Gasteiger partial charge in [0.15, 0.2) is 6.10 Å². The predicted octanol–water partition coefficient (Wildman–Crippen LogP) is 5.21. The first-order valence-corrected chi connectivity index (χ1v) is 11.2. The second-order valence-corrected chi connectivity index (χ2v) is 10.2. The number of carboxylic acid groups (broad SMARTS) is 1. The van der Waals surface area contributed by atoms with E-state index in [2.05, 4.69) is 18.2 Å². The van der Waals surface area contributed by atoms with Gasteiger partial charge < -0.3 is 9.84 Å². The lowest BCUT2D eigenvalue weighted by molar-refractivity contribution is -0.160. The Balaban J connectivity index is 1.64. The molecule has 0 bridgehead atoms. The first-order valence-electron chi connectivity index (χ1n) is 11.2. The van der Waals surface area contributed by atoms with Crippen molar-refractivity contribution in [3.8, 4) is 0 Å². The van der Waals surface area contributed by atoms with Crippen LogP contribution in [0.25, 0.3) is 16.5 Å². The van der Waals surface area contributed by atoms with Crippen LogP contribution in [0.1, 0.15) is 50.1 Å². The molecule has 2 unspecified atom stereocenters. The van der Waals surface area contributed by atoms with Crippen LogP contribution < -0.4 is 0 Å². The number of carboxylic acids is 1. The molecule has 5 nitrogen and oxygen atoms in total. The number of rotatable bonds is 4. The second-order valence-electron chi connectivity index (χ2n) is 10.2. The summed E-state index contributed by atoms with van der Waals surface area (Å²) in [5.74, 6) is 0.114. The van der Waals surface area contributed by atoms with E-state index in [1.165, 1.54) is 17.6 Å². The molecule has 2 aromatic rings. The van der Waals surface area contributed by atoms with Gasteiger partial charge in [0.2, 0.25) is 0 Å². The summed E-state index contributed by atoms with van der Waals surface area (Å²) in [6.45, 7) is 7.53. The topological polar surface area (TPSA) is 71.8 Å². The molecule has 0 radical (unpaired) electrons. The number of hydrogen-bond acceptors (Lipinski definition) is 4. The summed E-state index contributed by atoms with van der Waals surface area (Å²) in [4.78, 5) is 22.3. The van der Waals surface area contributed by atoms with Gasteiger partial charge >= 0.3 is 5.97 Å². The molecule has 1 spiro atoms. The third-order valence-electron chi connectivity index (χ3n) is 7.11. The number of aliphatic carboxylic acids is 1. The summed E-state index contributed by atoms with van der Waals surface area (Å²) in [5.41, 5.74) is 5.71. The smallest absolute Gasteiger partial charge is 0.337 e. The minimum atomic E-state index is -1.13. The predicted molar refractivity (Wildman–Crippen MR) is 125 cm³/mol. The third kappa shape index (κ3) is 2.51. The Morgan fingerprint density at radius 3 is 2.59 bits per heavy atom. The Morgan fingerprint density at radius 1 is 1.16 bits per heavy atom. The van der Waals surface area contributed by atoms with Crippen LogP contribution in [0.4, 0.5) is 0 Å². The average Bonchev–Trinajstić information content (AvgIpc) is 3.10. The van der Waals surface area contributed by atoms with E-state index >= 15 is 0 Å². The van der Waals surface area contributed by atoms with Crippen molar-refractivity contribution >= 4 is 28.7 Å². The van der Waals surface area contributed by atoms with Crippen LogP contribution in [0.15, 0.2) is 58.6 Å². The molecular formula is C27H26N2O3. The van der Waals surface area contributed by atoms with Crippen LogP contribution >= 0.6 is 0 Å². The van der Waals surface area contributed by atoms with E-state index in [-0.39, 0.29) is 0 Å². The number of aromatic nitrogens is 1. The number of hydrogen-bond donors (Lipinski definition) is 1. The molecule has 2 saturated carbocycles. The van der Waals surface area contributed by atoms with Crippen LogP contribution in [-0.2, 0) is 9.53 Å². The largest absolute Gasteiger partial charge is 0.479 e. The lowest BCUT2D eigenvalue weighted by Crippen LogP contribution is -2.31. The summed E-state index contributed by atoms with van der Waals surface area (Å²) >= 11 is 0. The highest BCUT2D eigenvalue weighted by Crippen LogP contribution is 2.70. The summed E-state index contributed by atoms with van der Waals surface area (Å²) in [5, 5.41) is 11.2. The van der Waals surface area contributed by atoms with Gasteiger partial charge in [0.25, 0.3) is 0 Å². The number of ether oxygens (including phenoxy) is 1. The fourth-order valence-electron chi connectivity index (χ4n) is 5.94. The van der Waals surface area contributed by atoms with Gasteiger partial charge in [-0.2, -0.15) is 0 Å². The number of pyridine rings is 1. The number of benzene rings is 1. The van der Waals surface area contributed by atoms with Crippen molar-refractivity contribution in [1.82, 2.24) is 4.98 Å². The second kappa shape index (κ2) is 6.26. The summed E-state index contributed by atoms with van der Waals surface area (Å²) in [6.07, 6.45) is 8.53. The van der Waals surface area contributed by atoms with Gasteiger partial charge in [0.05, 0.1) is 11.1 Å². The molecule has 3 aliphatic carbocycles. The Bertz CT molecular complexity index is 1310. The minimum Gasteiger partial charge on any atom is -0.479 e. The molecule has 2 fully saturated rings. The van der Waals surface area contributed by atoms with Crippen molar-refractivity contribution in [2.24, 2.45) is 16.8 Å². The number of aryl methyl sites for hydroxylation is 1. The Morgan fingerprint density at radius 2 is 1.88 bits per heavy atom.